The molecular weight excluding hydrogens is 396 g/mol. The fourth-order valence-corrected chi connectivity index (χ4v) is 5.98. The van der Waals surface area contributed by atoms with E-state index in [1.54, 1.807) is 0 Å². The molecule has 8 nitrogen and oxygen atoms in total. The normalized spacial score (nSPS) is 21.7. The Morgan fingerprint density at radius 1 is 1.21 bits per heavy atom. The molecule has 1 aliphatic heterocycles. The summed E-state index contributed by atoms with van der Waals surface area (Å²) in [6.45, 7) is 5.36. The molecule has 1 atom stereocenters. The van der Waals surface area contributed by atoms with Gasteiger partial charge in [0.1, 0.15) is 5.82 Å². The van der Waals surface area contributed by atoms with Gasteiger partial charge in [-0.1, -0.05) is 0 Å². The van der Waals surface area contributed by atoms with E-state index in [-0.39, 0.29) is 17.5 Å². The van der Waals surface area contributed by atoms with Gasteiger partial charge in [-0.3, -0.25) is 9.58 Å². The summed E-state index contributed by atoms with van der Waals surface area (Å²) < 4.78 is 30.3. The van der Waals surface area contributed by atoms with Gasteiger partial charge in [0.15, 0.2) is 14.6 Å². The van der Waals surface area contributed by atoms with Gasteiger partial charge in [0.05, 0.1) is 29.9 Å². The van der Waals surface area contributed by atoms with E-state index in [9.17, 15) is 8.42 Å². The fourth-order valence-electron chi connectivity index (χ4n) is 4.09. The SMILES string of the molecule is Cc1nn([C@@H]2CCS(=O)(=O)C2)c(C)c1CN(C)Cn1nc(C2CC2)n(C)c1=S. The molecule has 2 fully saturated rings. The molecular formula is C18H28N6O2S2. The first-order valence-electron chi connectivity index (χ1n) is 9.73. The quantitative estimate of drug-likeness (QED) is 0.661. The average molecular weight is 425 g/mol. The molecule has 0 aromatic carbocycles. The van der Waals surface area contributed by atoms with Gasteiger partial charge in [0.2, 0.25) is 0 Å². The molecule has 2 aromatic heterocycles. The van der Waals surface area contributed by atoms with Gasteiger partial charge in [0, 0.05) is 30.8 Å². The van der Waals surface area contributed by atoms with Crippen LogP contribution in [0.25, 0.3) is 0 Å². The van der Waals surface area contributed by atoms with Gasteiger partial charge in [0.25, 0.3) is 0 Å². The van der Waals surface area contributed by atoms with E-state index in [1.807, 2.05) is 41.9 Å². The Balaban J connectivity index is 1.50. The summed E-state index contributed by atoms with van der Waals surface area (Å²) in [5.74, 6) is 2.09. The standard InChI is InChI=1S/C18H28N6O2S2/c1-12-16(13(2)24(19-12)15-7-8-28(25,26)10-15)9-21(3)11-23-18(27)22(4)17(20-23)14-5-6-14/h14-15H,5-11H2,1-4H3/t15-/m1/s1. The lowest BCUT2D eigenvalue weighted by atomic mass is 10.2. The molecule has 0 unspecified atom stereocenters. The predicted molar refractivity (Wildman–Crippen MR) is 109 cm³/mol. The Morgan fingerprint density at radius 2 is 1.93 bits per heavy atom. The molecule has 0 spiro atoms. The van der Waals surface area contributed by atoms with E-state index in [2.05, 4.69) is 10.00 Å². The van der Waals surface area contributed by atoms with Crippen molar-refractivity contribution in [3.63, 3.8) is 0 Å². The second-order valence-electron chi connectivity index (χ2n) is 8.28. The number of sulfone groups is 1. The summed E-state index contributed by atoms with van der Waals surface area (Å²) in [6.07, 6.45) is 3.04. The molecule has 2 aliphatic rings. The summed E-state index contributed by atoms with van der Waals surface area (Å²) in [5.41, 5.74) is 3.16. The number of rotatable bonds is 6. The molecule has 3 heterocycles. The number of aryl methyl sites for hydroxylation is 1. The minimum atomic E-state index is -2.93. The van der Waals surface area contributed by atoms with E-state index in [0.29, 0.717) is 25.6 Å². The van der Waals surface area contributed by atoms with Crippen LogP contribution in [0.4, 0.5) is 0 Å². The maximum atomic E-state index is 11.8. The van der Waals surface area contributed by atoms with Crippen LogP contribution in [0.1, 0.15) is 54.0 Å². The third-order valence-corrected chi connectivity index (χ3v) is 8.08. The molecule has 1 saturated heterocycles. The molecule has 0 bridgehead atoms. The fraction of sp³-hybridized carbons (Fsp3) is 0.722. The monoisotopic (exact) mass is 424 g/mol. The smallest absolute Gasteiger partial charge is 0.198 e. The highest BCUT2D eigenvalue weighted by atomic mass is 32.2. The summed E-state index contributed by atoms with van der Waals surface area (Å²) in [7, 11) is 1.11. The zero-order valence-corrected chi connectivity index (χ0v) is 18.6. The predicted octanol–water partition coefficient (Wildman–Crippen LogP) is 2.09. The number of hydrogen-bond donors (Lipinski definition) is 0. The maximum Gasteiger partial charge on any atom is 0.198 e. The van der Waals surface area contributed by atoms with Crippen LogP contribution in [0.15, 0.2) is 0 Å². The Kier molecular flexibility index (Phi) is 4.99. The Bertz CT molecular complexity index is 1060. The summed E-state index contributed by atoms with van der Waals surface area (Å²) in [5, 5.41) is 9.39. The molecule has 0 amide bonds. The van der Waals surface area contributed by atoms with Crippen molar-refractivity contribution in [3.8, 4) is 0 Å². The molecule has 1 aliphatic carbocycles. The summed E-state index contributed by atoms with van der Waals surface area (Å²) in [6, 6.07) is -0.0479. The van der Waals surface area contributed by atoms with Crippen molar-refractivity contribution in [2.24, 2.45) is 7.05 Å². The van der Waals surface area contributed by atoms with E-state index in [4.69, 9.17) is 17.3 Å². The molecule has 28 heavy (non-hydrogen) atoms. The van der Waals surface area contributed by atoms with Gasteiger partial charge in [-0.25, -0.2) is 13.1 Å². The van der Waals surface area contributed by atoms with Crippen LogP contribution < -0.4 is 0 Å². The van der Waals surface area contributed by atoms with Crippen LogP contribution in [-0.2, 0) is 30.1 Å². The molecule has 4 rings (SSSR count). The molecule has 0 N–H and O–H groups in total. The number of nitrogens with zero attached hydrogens (tertiary/aromatic N) is 6. The van der Waals surface area contributed by atoms with Gasteiger partial charge in [-0.2, -0.15) is 10.2 Å². The van der Waals surface area contributed by atoms with Crippen LogP contribution in [0.5, 0.6) is 0 Å². The second kappa shape index (κ2) is 7.07. The van der Waals surface area contributed by atoms with Crippen LogP contribution in [0.2, 0.25) is 0 Å². The van der Waals surface area contributed by atoms with E-state index >= 15 is 0 Å². The molecule has 1 saturated carbocycles. The van der Waals surface area contributed by atoms with Crippen molar-refractivity contribution in [2.45, 2.75) is 58.3 Å². The third kappa shape index (κ3) is 3.69. The van der Waals surface area contributed by atoms with Gasteiger partial charge in [-0.15, -0.1) is 0 Å². The second-order valence-corrected chi connectivity index (χ2v) is 10.9. The van der Waals surface area contributed by atoms with Gasteiger partial charge in [-0.05, 0) is 52.4 Å². The first-order valence-corrected chi connectivity index (χ1v) is 12.0. The lowest BCUT2D eigenvalue weighted by molar-refractivity contribution is 0.242. The van der Waals surface area contributed by atoms with E-state index < -0.39 is 9.84 Å². The molecule has 0 radical (unpaired) electrons. The van der Waals surface area contributed by atoms with Gasteiger partial charge < -0.3 is 4.57 Å². The first-order chi connectivity index (χ1) is 13.2. The molecule has 154 valence electrons. The minimum Gasteiger partial charge on any atom is -0.307 e. The average Bonchev–Trinajstić information content (AvgIpc) is 3.29. The van der Waals surface area contributed by atoms with Crippen molar-refractivity contribution in [2.75, 3.05) is 18.6 Å². The van der Waals surface area contributed by atoms with Crippen molar-refractivity contribution >= 4 is 22.1 Å². The van der Waals surface area contributed by atoms with Crippen LogP contribution in [-0.4, -0.2) is 56.0 Å². The lowest BCUT2D eigenvalue weighted by Crippen LogP contribution is -2.23. The van der Waals surface area contributed by atoms with E-state index in [1.165, 1.54) is 12.8 Å². The first kappa shape index (κ1) is 19.8. The van der Waals surface area contributed by atoms with Crippen LogP contribution in [0, 0.1) is 18.6 Å². The van der Waals surface area contributed by atoms with Crippen LogP contribution >= 0.6 is 12.2 Å². The lowest BCUT2D eigenvalue weighted by Gasteiger charge is -2.17. The van der Waals surface area contributed by atoms with Crippen molar-refractivity contribution in [3.05, 3.63) is 27.5 Å². The third-order valence-electron chi connectivity index (χ3n) is 5.85. The Morgan fingerprint density at radius 3 is 2.54 bits per heavy atom. The van der Waals surface area contributed by atoms with Crippen molar-refractivity contribution in [1.29, 1.82) is 0 Å². The summed E-state index contributed by atoms with van der Waals surface area (Å²) >= 11 is 5.56. The van der Waals surface area contributed by atoms with E-state index in [0.717, 1.165) is 27.5 Å². The highest BCUT2D eigenvalue weighted by Crippen LogP contribution is 2.38. The number of hydrogen-bond acceptors (Lipinski definition) is 6. The zero-order chi connectivity index (χ0) is 20.2. The summed E-state index contributed by atoms with van der Waals surface area (Å²) in [4.78, 5) is 2.17. The molecule has 2 aromatic rings. The largest absolute Gasteiger partial charge is 0.307 e. The highest BCUT2D eigenvalue weighted by molar-refractivity contribution is 7.91. The number of aromatic nitrogens is 5. The van der Waals surface area contributed by atoms with Crippen LogP contribution in [0.3, 0.4) is 0 Å². The topological polar surface area (TPSA) is 78.0 Å². The molecule has 10 heteroatoms. The van der Waals surface area contributed by atoms with Crippen molar-refractivity contribution in [1.82, 2.24) is 29.0 Å². The maximum absolute atomic E-state index is 11.8. The van der Waals surface area contributed by atoms with Gasteiger partial charge >= 0.3 is 0 Å². The Labute approximate surface area is 171 Å². The Hall–Kier alpha value is -1.52. The van der Waals surface area contributed by atoms with Crippen molar-refractivity contribution < 1.29 is 8.42 Å². The highest BCUT2D eigenvalue weighted by Gasteiger charge is 2.32. The minimum absolute atomic E-state index is 0.0479. The zero-order valence-electron chi connectivity index (χ0n) is 16.9.